The van der Waals surface area contributed by atoms with Gasteiger partial charge in [0.1, 0.15) is 20.4 Å². The average Bonchev–Trinajstić information content (AvgIpc) is 4.04. The van der Waals surface area contributed by atoms with Crippen molar-refractivity contribution in [1.82, 2.24) is 0 Å². The molecule has 2 aromatic carbocycles. The highest BCUT2D eigenvalue weighted by Crippen LogP contribution is 2.81. The smallest absolute Gasteiger partial charge is 0.163 e. The Bertz CT molecular complexity index is 2010. The first-order chi connectivity index (χ1) is 30.6. The Hall–Kier alpha value is -2.44. The van der Waals surface area contributed by atoms with Crippen molar-refractivity contribution in [2.24, 2.45) is 45.8 Å². The molecule has 0 aromatic heterocycles. The van der Waals surface area contributed by atoms with Crippen molar-refractivity contribution in [3.63, 3.8) is 0 Å². The number of fused-ring (bicyclic) bond motifs is 4. The Kier molecular flexibility index (Phi) is 13.3. The number of hydrogen-bond acceptors (Lipinski definition) is 8. The van der Waals surface area contributed by atoms with Gasteiger partial charge < -0.3 is 37.9 Å². The van der Waals surface area contributed by atoms with Crippen molar-refractivity contribution in [2.75, 3.05) is 33.6 Å². The molecule has 1 aliphatic heterocycles. The zero-order valence-electron chi connectivity index (χ0n) is 40.3. The highest BCUT2D eigenvalue weighted by molar-refractivity contribution is 6.76. The van der Waals surface area contributed by atoms with E-state index in [0.717, 1.165) is 75.1 Å². The molecule has 6 aliphatic carbocycles. The second-order valence-corrected chi connectivity index (χ2v) is 28.6. The standard InChI is InChI=1S/C55H78O8Si/c1-38(2)42-22-23-44(48(42)60-37-58-33-40-18-14-11-15-19-40)43-21-20-41-30-53-26-25-47(54(53,31-45(41)43)34-59-35-57-32-39-16-12-10-13-17-39)55(50(53)61-36-56-28-29-64(7,8)9)27-24-46-49(55)62-52(5,6)63-51(46,3)4/h10-19,30-31,42-44,46-50H,1,20-29,32-37H2,2-9H3/t42-,43-,44+,46-,47+,48+,49-,50-,53-,54+,55-/m0/s1. The molecule has 64 heavy (non-hydrogen) atoms. The maximum atomic E-state index is 7.43. The van der Waals surface area contributed by atoms with Crippen LogP contribution in [0.5, 0.6) is 0 Å². The molecule has 1 spiro atoms. The predicted octanol–water partition coefficient (Wildman–Crippen LogP) is 12.0. The van der Waals surface area contributed by atoms with Crippen LogP contribution in [0.4, 0.5) is 0 Å². The Morgan fingerprint density at radius 2 is 1.45 bits per heavy atom. The monoisotopic (exact) mass is 895 g/mol. The first kappa shape index (κ1) is 46.7. The number of benzene rings is 2. The highest BCUT2D eigenvalue weighted by atomic mass is 28.3. The van der Waals surface area contributed by atoms with E-state index in [0.29, 0.717) is 44.4 Å². The largest absolute Gasteiger partial charge is 0.356 e. The number of allylic oxidation sites excluding steroid dienone is 2. The fourth-order valence-electron chi connectivity index (χ4n) is 14.6. The van der Waals surface area contributed by atoms with Gasteiger partial charge in [-0.25, -0.2) is 0 Å². The van der Waals surface area contributed by atoms with E-state index in [9.17, 15) is 0 Å². The van der Waals surface area contributed by atoms with Gasteiger partial charge in [-0.2, -0.15) is 0 Å². The van der Waals surface area contributed by atoms with E-state index in [-0.39, 0.29) is 65.6 Å². The Morgan fingerprint density at radius 1 is 0.766 bits per heavy atom. The third-order valence-electron chi connectivity index (χ3n) is 17.0. The molecular formula is C55H78O8Si. The van der Waals surface area contributed by atoms with Crippen molar-refractivity contribution in [2.45, 2.75) is 155 Å². The minimum Gasteiger partial charge on any atom is -0.356 e. The van der Waals surface area contributed by atoms with E-state index in [2.05, 4.69) is 122 Å². The van der Waals surface area contributed by atoms with Gasteiger partial charge in [-0.15, -0.1) is 0 Å². The summed E-state index contributed by atoms with van der Waals surface area (Å²) in [6, 6.07) is 21.9. The highest BCUT2D eigenvalue weighted by Gasteiger charge is 2.82. The number of hydrogen-bond donors (Lipinski definition) is 0. The molecule has 0 N–H and O–H groups in total. The lowest BCUT2D eigenvalue weighted by atomic mass is 9.60. The molecule has 8 nitrogen and oxygen atoms in total. The van der Waals surface area contributed by atoms with Gasteiger partial charge in [0.25, 0.3) is 0 Å². The molecule has 0 amide bonds. The van der Waals surface area contributed by atoms with Gasteiger partial charge in [0.15, 0.2) is 5.79 Å². The van der Waals surface area contributed by atoms with E-state index in [1.165, 1.54) is 16.7 Å². The minimum absolute atomic E-state index is 0.0236. The van der Waals surface area contributed by atoms with E-state index in [4.69, 9.17) is 37.9 Å². The first-order valence-corrected chi connectivity index (χ1v) is 28.4. The van der Waals surface area contributed by atoms with Gasteiger partial charge in [-0.3, -0.25) is 0 Å². The third-order valence-corrected chi connectivity index (χ3v) is 18.7. The van der Waals surface area contributed by atoms with Crippen LogP contribution in [-0.2, 0) is 51.1 Å². The summed E-state index contributed by atoms with van der Waals surface area (Å²) >= 11 is 0. The summed E-state index contributed by atoms with van der Waals surface area (Å²) in [5.74, 6) is 0.865. The van der Waals surface area contributed by atoms with Crippen LogP contribution in [0.15, 0.2) is 96.1 Å². The van der Waals surface area contributed by atoms with Gasteiger partial charge in [0, 0.05) is 42.8 Å². The van der Waals surface area contributed by atoms with Gasteiger partial charge >= 0.3 is 0 Å². The molecular weight excluding hydrogens is 817 g/mol. The topological polar surface area (TPSA) is 73.8 Å². The molecule has 350 valence electrons. The summed E-state index contributed by atoms with van der Waals surface area (Å²) in [4.78, 5) is 0. The molecule has 2 aromatic rings. The van der Waals surface area contributed by atoms with Crippen LogP contribution < -0.4 is 0 Å². The molecule has 1 saturated heterocycles. The van der Waals surface area contributed by atoms with E-state index >= 15 is 0 Å². The number of rotatable bonds is 19. The second kappa shape index (κ2) is 18.2. The predicted molar refractivity (Wildman–Crippen MR) is 254 cm³/mol. The molecule has 7 aliphatic rings. The summed E-state index contributed by atoms with van der Waals surface area (Å²) in [6.45, 7) is 25.9. The summed E-state index contributed by atoms with van der Waals surface area (Å²) in [5, 5.41) is 0. The quantitative estimate of drug-likeness (QED) is 0.0598. The minimum atomic E-state index is -1.28. The summed E-state index contributed by atoms with van der Waals surface area (Å²) in [5.41, 5.74) is 5.35. The molecule has 2 bridgehead atoms. The molecule has 0 radical (unpaired) electrons. The lowest BCUT2D eigenvalue weighted by Crippen LogP contribution is -2.61. The Morgan fingerprint density at radius 3 is 2.14 bits per heavy atom. The number of ether oxygens (including phenoxy) is 8. The Balaban J connectivity index is 1.07. The summed E-state index contributed by atoms with van der Waals surface area (Å²) < 4.78 is 54.2. The second-order valence-electron chi connectivity index (χ2n) is 22.9. The third kappa shape index (κ3) is 8.55. The van der Waals surface area contributed by atoms with E-state index in [1.807, 2.05) is 12.1 Å². The van der Waals surface area contributed by atoms with Crippen molar-refractivity contribution in [3.8, 4) is 0 Å². The van der Waals surface area contributed by atoms with Gasteiger partial charge in [-0.1, -0.05) is 105 Å². The summed E-state index contributed by atoms with van der Waals surface area (Å²) in [7, 11) is -1.28. The zero-order valence-corrected chi connectivity index (χ0v) is 41.3. The van der Waals surface area contributed by atoms with Gasteiger partial charge in [0.2, 0.25) is 0 Å². The van der Waals surface area contributed by atoms with Gasteiger partial charge in [0.05, 0.1) is 43.7 Å². The van der Waals surface area contributed by atoms with Crippen LogP contribution in [0.3, 0.4) is 0 Å². The molecule has 9 heteroatoms. The molecule has 1 heterocycles. The van der Waals surface area contributed by atoms with Crippen LogP contribution >= 0.6 is 0 Å². The Labute approximate surface area is 385 Å². The molecule has 0 unspecified atom stereocenters. The SMILES string of the molecule is C=C(C)[C@@H]1CC[C@H]([C@@H]2CCC3=C[C@@]45CC[C@@H]([C@]6(CC[C@H]7[C@@H]6OC(C)(C)OC7(C)C)[C@H]4OCOCC[Si](C)(C)C)[C@]5(COCOCc4ccccc4)C=C32)[C@@H]1OCOCc1ccccc1. The molecule has 9 rings (SSSR count). The van der Waals surface area contributed by atoms with Crippen molar-refractivity contribution in [1.29, 1.82) is 0 Å². The van der Waals surface area contributed by atoms with Crippen LogP contribution in [0.1, 0.15) is 97.1 Å². The van der Waals surface area contributed by atoms with Gasteiger partial charge in [-0.05, 0) is 132 Å². The van der Waals surface area contributed by atoms with Crippen molar-refractivity contribution < 1.29 is 37.9 Å². The molecule has 6 fully saturated rings. The maximum Gasteiger partial charge on any atom is 0.163 e. The fraction of sp³-hybridized carbons (Fsp3) is 0.673. The fourth-order valence-corrected chi connectivity index (χ4v) is 15.4. The average molecular weight is 895 g/mol. The zero-order chi connectivity index (χ0) is 45.0. The molecule has 5 saturated carbocycles. The van der Waals surface area contributed by atoms with Crippen molar-refractivity contribution in [3.05, 3.63) is 107 Å². The normalized spacial score (nSPS) is 36.8. The maximum absolute atomic E-state index is 7.43. The van der Waals surface area contributed by atoms with Crippen LogP contribution in [0.25, 0.3) is 0 Å². The molecule has 11 atom stereocenters. The lowest BCUT2D eigenvalue weighted by molar-refractivity contribution is -0.364. The lowest BCUT2D eigenvalue weighted by Gasteiger charge is -2.55. The van der Waals surface area contributed by atoms with Crippen LogP contribution in [-0.4, -0.2) is 71.4 Å². The van der Waals surface area contributed by atoms with Crippen molar-refractivity contribution >= 4 is 8.07 Å². The van der Waals surface area contributed by atoms with E-state index in [1.54, 1.807) is 0 Å². The first-order valence-electron chi connectivity index (χ1n) is 24.7. The van der Waals surface area contributed by atoms with E-state index < -0.39 is 13.9 Å². The van der Waals surface area contributed by atoms with Crippen LogP contribution in [0, 0.1) is 45.8 Å². The van der Waals surface area contributed by atoms with Crippen LogP contribution in [0.2, 0.25) is 25.7 Å². The summed E-state index contributed by atoms with van der Waals surface area (Å²) in [6.07, 6.45) is 14.1.